The van der Waals surface area contributed by atoms with Crippen molar-refractivity contribution in [1.29, 1.82) is 0 Å². The zero-order valence-electron chi connectivity index (χ0n) is 4.84. The van der Waals surface area contributed by atoms with Gasteiger partial charge in [0.15, 0.2) is 0 Å². The van der Waals surface area contributed by atoms with Gasteiger partial charge in [-0.25, -0.2) is 0 Å². The molecule has 0 spiro atoms. The van der Waals surface area contributed by atoms with Crippen molar-refractivity contribution < 1.29 is 10.2 Å². The van der Waals surface area contributed by atoms with Gasteiger partial charge in [-0.3, -0.25) is 0 Å². The van der Waals surface area contributed by atoms with E-state index in [1.54, 1.807) is 6.08 Å². The molecule has 0 heterocycles. The minimum absolute atomic E-state index is 0.0183. The summed E-state index contributed by atoms with van der Waals surface area (Å²) in [5.41, 5.74) is 0. The summed E-state index contributed by atoms with van der Waals surface area (Å²) in [6.07, 6.45) is 2.28. The van der Waals surface area contributed by atoms with E-state index in [0.29, 0.717) is 6.42 Å². The maximum absolute atomic E-state index is 10.0. The molecule has 8 heavy (non-hydrogen) atoms. The van der Waals surface area contributed by atoms with Gasteiger partial charge in [-0.15, -0.1) is 13.2 Å². The Kier molecular flexibility index (Phi) is 4.61. The molecule has 0 radical (unpaired) electrons. The summed E-state index contributed by atoms with van der Waals surface area (Å²) in [4.78, 5) is 0. The number of aliphatic hydroxyl groups excluding tert-OH is 1. The fourth-order valence-corrected chi connectivity index (χ4v) is 0.431. The fraction of sp³-hybridized carbons (Fsp3) is 0.667. The smallest absolute Gasteiger partial charge is 0.0449 e. The number of aliphatic hydroxyl groups is 1. The van der Waals surface area contributed by atoms with Crippen LogP contribution in [0.5, 0.6) is 0 Å². The maximum atomic E-state index is 10.0. The van der Waals surface area contributed by atoms with E-state index in [4.69, 9.17) is 5.11 Å². The molecule has 0 aromatic rings. The van der Waals surface area contributed by atoms with Gasteiger partial charge in [0, 0.05) is 6.61 Å². The zero-order valence-corrected chi connectivity index (χ0v) is 4.84. The van der Waals surface area contributed by atoms with E-state index in [1.807, 2.05) is 0 Å². The first-order valence-electron chi connectivity index (χ1n) is 2.65. The van der Waals surface area contributed by atoms with Gasteiger partial charge in [0.2, 0.25) is 0 Å². The minimum Gasteiger partial charge on any atom is -0.854 e. The van der Waals surface area contributed by atoms with Crippen molar-refractivity contribution in [3.8, 4) is 0 Å². The second kappa shape index (κ2) is 4.81. The van der Waals surface area contributed by atoms with Crippen LogP contribution in [0.15, 0.2) is 12.7 Å². The Morgan fingerprint density at radius 1 is 1.75 bits per heavy atom. The summed E-state index contributed by atoms with van der Waals surface area (Å²) in [5.74, 6) is -0.118. The largest absolute Gasteiger partial charge is 0.854 e. The Morgan fingerprint density at radius 3 is 2.50 bits per heavy atom. The molecule has 0 aromatic carbocycles. The molecule has 1 atom stereocenters. The summed E-state index contributed by atoms with van der Waals surface area (Å²) < 4.78 is 0. The van der Waals surface area contributed by atoms with Crippen LogP contribution in [-0.4, -0.2) is 18.3 Å². The highest BCUT2D eigenvalue weighted by molar-refractivity contribution is 4.71. The van der Waals surface area contributed by atoms with Crippen molar-refractivity contribution >= 4 is 0 Å². The Morgan fingerprint density at radius 2 is 2.38 bits per heavy atom. The molecule has 1 N–H and O–H groups in total. The molecule has 0 aliphatic heterocycles. The van der Waals surface area contributed by atoms with E-state index in [-0.39, 0.29) is 19.1 Å². The average Bonchev–Trinajstić information content (AvgIpc) is 1.83. The topological polar surface area (TPSA) is 43.3 Å². The summed E-state index contributed by atoms with van der Waals surface area (Å²) in [7, 11) is 0. The predicted molar refractivity (Wildman–Crippen MR) is 30.3 cm³/mol. The lowest BCUT2D eigenvalue weighted by Crippen LogP contribution is -2.20. The van der Waals surface area contributed by atoms with Gasteiger partial charge >= 0.3 is 0 Å². The van der Waals surface area contributed by atoms with Crippen LogP contribution in [0.25, 0.3) is 0 Å². The highest BCUT2D eigenvalue weighted by Gasteiger charge is 1.94. The molecule has 2 nitrogen and oxygen atoms in total. The van der Waals surface area contributed by atoms with Crippen molar-refractivity contribution in [3.63, 3.8) is 0 Å². The third kappa shape index (κ3) is 2.77. The maximum Gasteiger partial charge on any atom is 0.0449 e. The Labute approximate surface area is 49.5 Å². The monoisotopic (exact) mass is 115 g/mol. The average molecular weight is 115 g/mol. The lowest BCUT2D eigenvalue weighted by atomic mass is 10.1. The first-order chi connectivity index (χ1) is 3.85. The van der Waals surface area contributed by atoms with Crippen LogP contribution in [-0.2, 0) is 0 Å². The molecule has 0 aliphatic rings. The lowest BCUT2D eigenvalue weighted by Gasteiger charge is -2.13. The van der Waals surface area contributed by atoms with Gasteiger partial charge in [0.05, 0.1) is 0 Å². The molecule has 2 heteroatoms. The summed E-state index contributed by atoms with van der Waals surface area (Å²) >= 11 is 0. The highest BCUT2D eigenvalue weighted by atomic mass is 16.3. The second-order valence-electron chi connectivity index (χ2n) is 1.74. The Balaban J connectivity index is 3.20. The normalized spacial score (nSPS) is 13.2. The molecule has 0 fully saturated rings. The first kappa shape index (κ1) is 7.66. The van der Waals surface area contributed by atoms with E-state index in [9.17, 15) is 5.11 Å². The lowest BCUT2D eigenvalue weighted by molar-refractivity contribution is -0.380. The molecule has 0 bridgehead atoms. The van der Waals surface area contributed by atoms with Crippen molar-refractivity contribution in [3.05, 3.63) is 12.7 Å². The van der Waals surface area contributed by atoms with Crippen LogP contribution in [0.4, 0.5) is 0 Å². The number of hydrogen-bond acceptors (Lipinski definition) is 2. The van der Waals surface area contributed by atoms with E-state index in [1.165, 1.54) is 0 Å². The molecule has 0 rings (SSSR count). The second-order valence-corrected chi connectivity index (χ2v) is 1.74. The molecule has 0 amide bonds. The SMILES string of the molecule is C=CCC(C[O-])CO. The molecular weight excluding hydrogens is 104 g/mol. The predicted octanol–water partition coefficient (Wildman–Crippen LogP) is -0.469. The van der Waals surface area contributed by atoms with Gasteiger partial charge in [-0.2, -0.15) is 0 Å². The highest BCUT2D eigenvalue weighted by Crippen LogP contribution is 1.97. The van der Waals surface area contributed by atoms with Gasteiger partial charge in [-0.05, 0) is 12.3 Å². The van der Waals surface area contributed by atoms with Crippen molar-refractivity contribution in [2.45, 2.75) is 6.42 Å². The van der Waals surface area contributed by atoms with Gasteiger partial charge in [0.25, 0.3) is 0 Å². The molecule has 48 valence electrons. The third-order valence-electron chi connectivity index (χ3n) is 0.994. The van der Waals surface area contributed by atoms with E-state index in [0.717, 1.165) is 0 Å². The van der Waals surface area contributed by atoms with Crippen LogP contribution in [0.3, 0.4) is 0 Å². The van der Waals surface area contributed by atoms with Gasteiger partial charge in [-0.1, -0.05) is 6.08 Å². The Hall–Kier alpha value is -0.340. The first-order valence-corrected chi connectivity index (χ1v) is 2.65. The number of hydrogen-bond donors (Lipinski definition) is 1. The third-order valence-corrected chi connectivity index (χ3v) is 0.994. The van der Waals surface area contributed by atoms with Gasteiger partial charge < -0.3 is 10.2 Å². The van der Waals surface area contributed by atoms with Crippen LogP contribution in [0, 0.1) is 5.92 Å². The van der Waals surface area contributed by atoms with Crippen LogP contribution in [0.2, 0.25) is 0 Å². The summed E-state index contributed by atoms with van der Waals surface area (Å²) in [6.45, 7) is 3.22. The quantitative estimate of drug-likeness (QED) is 0.503. The van der Waals surface area contributed by atoms with Crippen molar-refractivity contribution in [2.24, 2.45) is 5.92 Å². The number of allylic oxidation sites excluding steroid dienone is 1. The van der Waals surface area contributed by atoms with E-state index >= 15 is 0 Å². The summed E-state index contributed by atoms with van der Waals surface area (Å²) in [6, 6.07) is 0. The van der Waals surface area contributed by atoms with E-state index in [2.05, 4.69) is 6.58 Å². The van der Waals surface area contributed by atoms with Crippen molar-refractivity contribution in [1.82, 2.24) is 0 Å². The zero-order chi connectivity index (χ0) is 6.41. The number of rotatable bonds is 4. The molecule has 1 unspecified atom stereocenters. The standard InChI is InChI=1S/C6H11O2/c1-2-3-6(4-7)5-8/h2,6-7H,1,3-5H2/q-1. The van der Waals surface area contributed by atoms with E-state index < -0.39 is 0 Å². The summed E-state index contributed by atoms with van der Waals surface area (Å²) in [5, 5.41) is 18.5. The molecule has 0 aromatic heterocycles. The molecular formula is C6H11O2-. The van der Waals surface area contributed by atoms with Gasteiger partial charge in [0.1, 0.15) is 0 Å². The molecule has 0 saturated carbocycles. The fourth-order valence-electron chi connectivity index (χ4n) is 0.431. The molecule has 0 aliphatic carbocycles. The van der Waals surface area contributed by atoms with Crippen LogP contribution < -0.4 is 5.11 Å². The van der Waals surface area contributed by atoms with Crippen molar-refractivity contribution in [2.75, 3.05) is 13.2 Å². The molecule has 0 saturated heterocycles. The van der Waals surface area contributed by atoms with Crippen LogP contribution in [0.1, 0.15) is 6.42 Å². The Bertz CT molecular complexity index is 57.5. The van der Waals surface area contributed by atoms with Crippen LogP contribution >= 0.6 is 0 Å². The minimum atomic E-state index is -0.206.